The second-order valence-electron chi connectivity index (χ2n) is 7.81. The number of hydrogen-bond acceptors (Lipinski definition) is 2. The largest absolute Gasteiger partial charge is 0.507 e. The molecular weight excluding hydrogens is 262 g/mol. The van der Waals surface area contributed by atoms with Crippen LogP contribution in [0.5, 0.6) is 5.75 Å². The van der Waals surface area contributed by atoms with Crippen LogP contribution >= 0.6 is 0 Å². The Morgan fingerprint density at radius 1 is 1.00 bits per heavy atom. The van der Waals surface area contributed by atoms with Crippen LogP contribution in [0.25, 0.3) is 0 Å². The smallest absolute Gasteiger partial charge is 0.123 e. The van der Waals surface area contributed by atoms with Crippen molar-refractivity contribution in [2.24, 2.45) is 0 Å². The maximum Gasteiger partial charge on any atom is 0.123 e. The van der Waals surface area contributed by atoms with Gasteiger partial charge in [0.2, 0.25) is 0 Å². The molecule has 1 aromatic rings. The van der Waals surface area contributed by atoms with Gasteiger partial charge < -0.3 is 15.2 Å². The number of phenols is 1. The molecule has 1 aromatic carbocycles. The number of quaternary nitrogens is 1. The number of aromatic hydroxyl groups is 1. The van der Waals surface area contributed by atoms with E-state index in [0.29, 0.717) is 5.75 Å². The molecule has 1 rings (SSSR count). The monoisotopic (exact) mass is 294 g/mol. The zero-order valence-corrected chi connectivity index (χ0v) is 14.7. The third-order valence-corrected chi connectivity index (χ3v) is 3.69. The molecule has 0 amide bonds. The van der Waals surface area contributed by atoms with E-state index >= 15 is 0 Å². The molecule has 0 aliphatic rings. The van der Waals surface area contributed by atoms with Gasteiger partial charge in [-0.1, -0.05) is 41.5 Å². The lowest BCUT2D eigenvalue weighted by molar-refractivity contribution is -0.671. The van der Waals surface area contributed by atoms with Gasteiger partial charge in [-0.2, -0.15) is 0 Å². The minimum absolute atomic E-state index is 0.0629. The molecular formula is C18H32NO2+. The van der Waals surface area contributed by atoms with E-state index in [1.165, 1.54) is 5.56 Å². The summed E-state index contributed by atoms with van der Waals surface area (Å²) >= 11 is 0. The second kappa shape index (κ2) is 6.80. The molecule has 0 radical (unpaired) electrons. The molecule has 0 unspecified atom stereocenters. The standard InChI is InChI=1S/C18H31NO2/c1-17(2,3)14-10-13(12-19-8-9-21-7)11-15(16(14)20)18(4,5)6/h10-11,19-20H,8-9,12H2,1-7H3/p+1. The molecule has 3 heteroatoms. The fourth-order valence-corrected chi connectivity index (χ4v) is 2.43. The fraction of sp³-hybridized carbons (Fsp3) is 0.667. The zero-order valence-electron chi connectivity index (χ0n) is 14.7. The van der Waals surface area contributed by atoms with E-state index in [-0.39, 0.29) is 10.8 Å². The first-order chi connectivity index (χ1) is 9.57. The van der Waals surface area contributed by atoms with Crippen LogP contribution in [0.4, 0.5) is 0 Å². The lowest BCUT2D eigenvalue weighted by Crippen LogP contribution is -2.83. The zero-order chi connectivity index (χ0) is 16.3. The number of rotatable bonds is 5. The van der Waals surface area contributed by atoms with Crippen molar-refractivity contribution >= 4 is 0 Å². The van der Waals surface area contributed by atoms with Gasteiger partial charge in [0.25, 0.3) is 0 Å². The molecule has 0 saturated heterocycles. The van der Waals surface area contributed by atoms with Crippen molar-refractivity contribution in [1.29, 1.82) is 0 Å². The summed E-state index contributed by atoms with van der Waals surface area (Å²) in [5.74, 6) is 0.454. The normalized spacial score (nSPS) is 12.7. The predicted octanol–water partition coefficient (Wildman–Crippen LogP) is 2.70. The van der Waals surface area contributed by atoms with Crippen molar-refractivity contribution < 1.29 is 15.2 Å². The first-order valence-corrected chi connectivity index (χ1v) is 7.75. The molecule has 0 saturated carbocycles. The van der Waals surface area contributed by atoms with Gasteiger partial charge in [0.15, 0.2) is 0 Å². The van der Waals surface area contributed by atoms with Gasteiger partial charge in [-0.05, 0) is 23.0 Å². The van der Waals surface area contributed by atoms with Crippen LogP contribution in [-0.4, -0.2) is 25.4 Å². The van der Waals surface area contributed by atoms with Gasteiger partial charge in [0, 0.05) is 23.8 Å². The molecule has 21 heavy (non-hydrogen) atoms. The predicted molar refractivity (Wildman–Crippen MR) is 87.9 cm³/mol. The van der Waals surface area contributed by atoms with E-state index in [2.05, 4.69) is 59.0 Å². The van der Waals surface area contributed by atoms with E-state index in [1.54, 1.807) is 7.11 Å². The Labute approximate surface area is 129 Å². The van der Waals surface area contributed by atoms with Gasteiger partial charge in [-0.15, -0.1) is 0 Å². The van der Waals surface area contributed by atoms with E-state index in [1.807, 2.05) is 0 Å². The summed E-state index contributed by atoms with van der Waals surface area (Å²) in [5.41, 5.74) is 3.20. The summed E-state index contributed by atoms with van der Waals surface area (Å²) in [5, 5.41) is 12.9. The third-order valence-electron chi connectivity index (χ3n) is 3.69. The highest BCUT2D eigenvalue weighted by Gasteiger charge is 2.26. The maximum atomic E-state index is 10.7. The third kappa shape index (κ3) is 5.01. The summed E-state index contributed by atoms with van der Waals surface area (Å²) in [6.45, 7) is 15.5. The van der Waals surface area contributed by atoms with Crippen molar-refractivity contribution in [3.63, 3.8) is 0 Å². The Balaban J connectivity index is 3.15. The van der Waals surface area contributed by atoms with Crippen molar-refractivity contribution in [1.82, 2.24) is 0 Å². The van der Waals surface area contributed by atoms with Gasteiger partial charge in [0.05, 0.1) is 13.2 Å². The molecule has 0 spiro atoms. The molecule has 0 aliphatic heterocycles. The number of nitrogens with two attached hydrogens (primary N) is 1. The van der Waals surface area contributed by atoms with Crippen LogP contribution in [0.1, 0.15) is 58.2 Å². The topological polar surface area (TPSA) is 46.1 Å². The molecule has 0 atom stereocenters. The number of phenolic OH excluding ortho intramolecular Hbond substituents is 1. The maximum absolute atomic E-state index is 10.7. The molecule has 3 N–H and O–H groups in total. The molecule has 3 nitrogen and oxygen atoms in total. The van der Waals surface area contributed by atoms with Crippen molar-refractivity contribution in [3.05, 3.63) is 28.8 Å². The average molecular weight is 294 g/mol. The Hall–Kier alpha value is -1.06. The molecule has 0 aliphatic carbocycles. The SMILES string of the molecule is COCC[NH2+]Cc1cc(C(C)(C)C)c(O)c(C(C)(C)C)c1. The van der Waals surface area contributed by atoms with E-state index < -0.39 is 0 Å². The van der Waals surface area contributed by atoms with Gasteiger partial charge in [-0.25, -0.2) is 0 Å². The van der Waals surface area contributed by atoms with Crippen LogP contribution < -0.4 is 5.32 Å². The van der Waals surface area contributed by atoms with Gasteiger partial charge in [0.1, 0.15) is 12.3 Å². The minimum atomic E-state index is -0.0629. The minimum Gasteiger partial charge on any atom is -0.507 e. The average Bonchev–Trinajstić information content (AvgIpc) is 2.33. The fourth-order valence-electron chi connectivity index (χ4n) is 2.43. The van der Waals surface area contributed by atoms with Crippen LogP contribution in [-0.2, 0) is 22.1 Å². The Morgan fingerprint density at radius 2 is 1.48 bits per heavy atom. The number of benzene rings is 1. The Kier molecular flexibility index (Phi) is 5.83. The highest BCUT2D eigenvalue weighted by molar-refractivity contribution is 5.49. The summed E-state index contributed by atoms with van der Waals surface area (Å²) in [6, 6.07) is 4.29. The van der Waals surface area contributed by atoms with Crippen molar-refractivity contribution in [2.45, 2.75) is 58.9 Å². The van der Waals surface area contributed by atoms with Crippen LogP contribution in [0.3, 0.4) is 0 Å². The van der Waals surface area contributed by atoms with Gasteiger partial charge in [-0.3, -0.25) is 0 Å². The molecule has 0 heterocycles. The lowest BCUT2D eigenvalue weighted by atomic mass is 9.78. The summed E-state index contributed by atoms with van der Waals surface area (Å²) in [7, 11) is 1.73. The highest BCUT2D eigenvalue weighted by atomic mass is 16.5. The molecule has 120 valence electrons. The van der Waals surface area contributed by atoms with Crippen LogP contribution in [0.2, 0.25) is 0 Å². The van der Waals surface area contributed by atoms with E-state index in [9.17, 15) is 5.11 Å². The first kappa shape index (κ1) is 18.0. The Morgan fingerprint density at radius 3 is 1.86 bits per heavy atom. The summed E-state index contributed by atoms with van der Waals surface area (Å²) < 4.78 is 5.08. The number of hydrogen-bond donors (Lipinski definition) is 2. The van der Waals surface area contributed by atoms with Gasteiger partial charge >= 0.3 is 0 Å². The molecule has 0 bridgehead atoms. The number of ether oxygens (including phenoxy) is 1. The molecule has 0 aromatic heterocycles. The highest BCUT2D eigenvalue weighted by Crippen LogP contribution is 2.39. The van der Waals surface area contributed by atoms with Crippen molar-refractivity contribution in [3.8, 4) is 5.75 Å². The van der Waals surface area contributed by atoms with Crippen molar-refractivity contribution in [2.75, 3.05) is 20.3 Å². The first-order valence-electron chi connectivity index (χ1n) is 7.75. The quantitative estimate of drug-likeness (QED) is 0.820. The van der Waals surface area contributed by atoms with Crippen LogP contribution in [0, 0.1) is 0 Å². The summed E-state index contributed by atoms with van der Waals surface area (Å²) in [6.07, 6.45) is 0. The summed E-state index contributed by atoms with van der Waals surface area (Å²) in [4.78, 5) is 0. The van der Waals surface area contributed by atoms with E-state index in [4.69, 9.17) is 4.74 Å². The Bertz CT molecular complexity index is 432. The lowest BCUT2D eigenvalue weighted by Gasteiger charge is -2.28. The molecule has 0 fully saturated rings. The second-order valence-corrected chi connectivity index (χ2v) is 7.81. The van der Waals surface area contributed by atoms with E-state index in [0.717, 1.165) is 30.8 Å². The number of methoxy groups -OCH3 is 1. The van der Waals surface area contributed by atoms with Crippen LogP contribution in [0.15, 0.2) is 12.1 Å².